The number of carbonyl (C=O) groups is 1. The summed E-state index contributed by atoms with van der Waals surface area (Å²) >= 11 is 1.09. The standard InChI is InChI=1S/C29H31F2N9O4S/c30-19-13-20(31)22(12-18(19)27(41)34-15-17-16-43-11-3-33-17)38-7-4-37(5-8-38)6-9-39-26-25(45-29(39)42)23-14-21(24-2-1-10-44-24)36-40(23)28(32)35-26/h1-2,10,12-14,17,33H,3-9,11,15-16H2,(H2,32,35)(H,34,41). The zero-order valence-electron chi connectivity index (χ0n) is 24.2. The second-order valence-electron chi connectivity index (χ2n) is 11.0. The van der Waals surface area contributed by atoms with Gasteiger partial charge in [0.1, 0.15) is 22.0 Å². The Morgan fingerprint density at radius 2 is 2.00 bits per heavy atom. The maximum absolute atomic E-state index is 14.9. The molecule has 0 bridgehead atoms. The number of anilines is 2. The normalized spacial score (nSPS) is 17.8. The molecule has 0 radical (unpaired) electrons. The third-order valence-corrected chi connectivity index (χ3v) is 9.15. The molecular weight excluding hydrogens is 608 g/mol. The summed E-state index contributed by atoms with van der Waals surface area (Å²) in [6.07, 6.45) is 1.56. The van der Waals surface area contributed by atoms with E-state index >= 15 is 0 Å². The van der Waals surface area contributed by atoms with Crippen LogP contribution >= 0.6 is 11.3 Å². The lowest BCUT2D eigenvalue weighted by molar-refractivity contribution is 0.0734. The molecule has 1 unspecified atom stereocenters. The molecule has 13 nitrogen and oxygen atoms in total. The highest BCUT2D eigenvalue weighted by Crippen LogP contribution is 2.29. The highest BCUT2D eigenvalue weighted by molar-refractivity contribution is 7.17. The van der Waals surface area contributed by atoms with Crippen molar-refractivity contribution in [2.75, 3.05) is 69.7 Å². The van der Waals surface area contributed by atoms with Crippen LogP contribution < -0.4 is 26.1 Å². The minimum absolute atomic E-state index is 0.0675. The van der Waals surface area contributed by atoms with Crippen LogP contribution in [0.25, 0.3) is 27.3 Å². The maximum atomic E-state index is 14.9. The number of nitrogens with zero attached hydrogens (tertiary/aromatic N) is 6. The van der Waals surface area contributed by atoms with Crippen molar-refractivity contribution in [2.45, 2.75) is 12.6 Å². The van der Waals surface area contributed by atoms with Gasteiger partial charge < -0.3 is 30.4 Å². The number of ether oxygens (including phenoxy) is 1. The summed E-state index contributed by atoms with van der Waals surface area (Å²) < 4.78 is 44.1. The Morgan fingerprint density at radius 1 is 1.16 bits per heavy atom. The summed E-state index contributed by atoms with van der Waals surface area (Å²) in [4.78, 5) is 34.1. The highest BCUT2D eigenvalue weighted by atomic mass is 32.1. The molecule has 0 aliphatic carbocycles. The number of thiazole rings is 1. The molecule has 2 aliphatic rings. The van der Waals surface area contributed by atoms with E-state index < -0.39 is 17.5 Å². The second-order valence-corrected chi connectivity index (χ2v) is 12.0. The van der Waals surface area contributed by atoms with Crippen LogP contribution in [0.1, 0.15) is 10.4 Å². The molecule has 7 rings (SSSR count). The van der Waals surface area contributed by atoms with E-state index in [0.29, 0.717) is 86.3 Å². The third-order valence-electron chi connectivity index (χ3n) is 8.16. The zero-order valence-corrected chi connectivity index (χ0v) is 25.0. The van der Waals surface area contributed by atoms with Crippen molar-refractivity contribution < 1.29 is 22.7 Å². The molecule has 2 saturated heterocycles. The third kappa shape index (κ3) is 5.77. The van der Waals surface area contributed by atoms with Crippen molar-refractivity contribution >= 4 is 44.7 Å². The largest absolute Gasteiger partial charge is 0.463 e. The first-order valence-corrected chi connectivity index (χ1v) is 15.5. The minimum Gasteiger partial charge on any atom is -0.463 e. The van der Waals surface area contributed by atoms with E-state index in [1.54, 1.807) is 27.9 Å². The number of carbonyl (C=O) groups excluding carboxylic acids is 1. The lowest BCUT2D eigenvalue weighted by Crippen LogP contribution is -2.48. The molecule has 0 spiro atoms. The summed E-state index contributed by atoms with van der Waals surface area (Å²) in [5.41, 5.74) is 7.95. The number of nitrogen functional groups attached to an aromatic ring is 1. The second kappa shape index (κ2) is 12.2. The number of furan rings is 1. The maximum Gasteiger partial charge on any atom is 0.309 e. The van der Waals surface area contributed by atoms with Gasteiger partial charge in [0.25, 0.3) is 5.91 Å². The van der Waals surface area contributed by atoms with Gasteiger partial charge in [0.05, 0.1) is 36.2 Å². The van der Waals surface area contributed by atoms with Crippen molar-refractivity contribution in [3.63, 3.8) is 0 Å². The fourth-order valence-corrected chi connectivity index (χ4v) is 6.72. The number of morpholine rings is 1. The number of hydrogen-bond donors (Lipinski definition) is 3. The SMILES string of the molecule is Nc1nc2c(sc(=O)n2CCN2CCN(c3cc(C(=O)NCC4COCCN4)c(F)cc3F)CC2)c2cc(-c3ccco3)nn12. The molecule has 45 heavy (non-hydrogen) atoms. The van der Waals surface area contributed by atoms with Gasteiger partial charge in [0, 0.05) is 64.5 Å². The van der Waals surface area contributed by atoms with E-state index in [0.717, 1.165) is 17.4 Å². The number of halogens is 2. The summed E-state index contributed by atoms with van der Waals surface area (Å²) in [6, 6.07) is 7.36. The molecule has 236 valence electrons. The van der Waals surface area contributed by atoms with Gasteiger partial charge in [-0.1, -0.05) is 11.3 Å². The van der Waals surface area contributed by atoms with E-state index in [1.165, 1.54) is 10.6 Å². The number of hydrogen-bond acceptors (Lipinski definition) is 11. The molecular formula is C29H31F2N9O4S. The predicted octanol–water partition coefficient (Wildman–Crippen LogP) is 1.77. The molecule has 1 amide bonds. The van der Waals surface area contributed by atoms with Gasteiger partial charge in [-0.15, -0.1) is 0 Å². The lowest BCUT2D eigenvalue weighted by atomic mass is 10.1. The topological polar surface area (TPSA) is 148 Å². The van der Waals surface area contributed by atoms with E-state index in [4.69, 9.17) is 14.9 Å². The molecule has 2 fully saturated rings. The molecule has 1 aromatic carbocycles. The van der Waals surface area contributed by atoms with Gasteiger partial charge in [0.2, 0.25) is 5.95 Å². The van der Waals surface area contributed by atoms with Crippen molar-refractivity contribution in [1.29, 1.82) is 0 Å². The number of piperazine rings is 1. The van der Waals surface area contributed by atoms with E-state index in [2.05, 4.69) is 25.6 Å². The summed E-state index contributed by atoms with van der Waals surface area (Å²) in [7, 11) is 0. The van der Waals surface area contributed by atoms with Crippen molar-refractivity contribution in [3.05, 3.63) is 63.5 Å². The van der Waals surface area contributed by atoms with Crippen LogP contribution in [-0.4, -0.2) is 95.0 Å². The van der Waals surface area contributed by atoms with Crippen molar-refractivity contribution in [3.8, 4) is 11.5 Å². The van der Waals surface area contributed by atoms with Crippen LogP contribution in [0, 0.1) is 11.6 Å². The first kappa shape index (κ1) is 29.3. The van der Waals surface area contributed by atoms with Crippen LogP contribution in [0.15, 0.2) is 45.8 Å². The van der Waals surface area contributed by atoms with Gasteiger partial charge in [-0.05, 0) is 24.3 Å². The first-order valence-electron chi connectivity index (χ1n) is 14.6. The number of amides is 1. The molecule has 4 aromatic heterocycles. The van der Waals surface area contributed by atoms with Gasteiger partial charge in [0.15, 0.2) is 11.4 Å². The van der Waals surface area contributed by atoms with Crippen LogP contribution in [0.5, 0.6) is 0 Å². The number of nitrogens with two attached hydrogens (primary N) is 1. The Balaban J connectivity index is 1.01. The quantitative estimate of drug-likeness (QED) is 0.230. The van der Waals surface area contributed by atoms with Crippen LogP contribution in [0.4, 0.5) is 20.4 Å². The zero-order chi connectivity index (χ0) is 31.1. The van der Waals surface area contributed by atoms with Crippen LogP contribution in [-0.2, 0) is 11.3 Å². The molecule has 2 aliphatic heterocycles. The molecule has 16 heteroatoms. The van der Waals surface area contributed by atoms with E-state index in [-0.39, 0.29) is 34.7 Å². The molecule has 4 N–H and O–H groups in total. The van der Waals surface area contributed by atoms with Crippen LogP contribution in [0.3, 0.4) is 0 Å². The lowest BCUT2D eigenvalue weighted by Gasteiger charge is -2.36. The Labute approximate surface area is 259 Å². The number of rotatable bonds is 8. The van der Waals surface area contributed by atoms with E-state index in [1.807, 2.05) is 6.07 Å². The Morgan fingerprint density at radius 3 is 2.76 bits per heavy atom. The average molecular weight is 640 g/mol. The molecule has 0 saturated carbocycles. The average Bonchev–Trinajstić information content (AvgIpc) is 3.80. The van der Waals surface area contributed by atoms with Crippen molar-refractivity contribution in [1.82, 2.24) is 34.7 Å². The number of benzene rings is 1. The van der Waals surface area contributed by atoms with Crippen LogP contribution in [0.2, 0.25) is 0 Å². The Bertz CT molecular complexity index is 1910. The first-order chi connectivity index (χ1) is 21.9. The van der Waals surface area contributed by atoms with E-state index in [9.17, 15) is 18.4 Å². The van der Waals surface area contributed by atoms with Gasteiger partial charge in [-0.2, -0.15) is 14.6 Å². The molecule has 1 atom stereocenters. The van der Waals surface area contributed by atoms with Crippen molar-refractivity contribution in [2.24, 2.45) is 0 Å². The number of fused-ring (bicyclic) bond motifs is 3. The monoisotopic (exact) mass is 639 g/mol. The number of nitrogens with one attached hydrogen (secondary N) is 2. The summed E-state index contributed by atoms with van der Waals surface area (Å²) in [5.74, 6) is -1.49. The summed E-state index contributed by atoms with van der Waals surface area (Å²) in [6.45, 7) is 5.03. The van der Waals surface area contributed by atoms with Gasteiger partial charge >= 0.3 is 4.87 Å². The predicted molar refractivity (Wildman–Crippen MR) is 165 cm³/mol. The minimum atomic E-state index is -0.909. The Hall–Kier alpha value is -4.38. The van der Waals surface area contributed by atoms with Gasteiger partial charge in [-0.3, -0.25) is 19.1 Å². The Kier molecular flexibility index (Phi) is 7.95. The molecule has 5 aromatic rings. The van der Waals surface area contributed by atoms with Gasteiger partial charge in [-0.25, -0.2) is 8.78 Å². The fraction of sp³-hybridized carbons (Fsp3) is 0.379. The fourth-order valence-electron chi connectivity index (χ4n) is 5.76. The number of aromatic nitrogens is 4. The smallest absolute Gasteiger partial charge is 0.309 e. The molecule has 6 heterocycles. The summed E-state index contributed by atoms with van der Waals surface area (Å²) in [5, 5.41) is 10.4. The highest BCUT2D eigenvalue weighted by Gasteiger charge is 2.25.